The number of carbonyl (C=O) groups is 1. The van der Waals surface area contributed by atoms with Gasteiger partial charge in [0.25, 0.3) is 5.91 Å². The molecule has 0 unspecified atom stereocenters. The minimum atomic E-state index is -0.0809. The summed E-state index contributed by atoms with van der Waals surface area (Å²) in [6.45, 7) is 5.94. The van der Waals surface area contributed by atoms with E-state index in [9.17, 15) is 4.79 Å². The summed E-state index contributed by atoms with van der Waals surface area (Å²) in [4.78, 5) is 18.6. The van der Waals surface area contributed by atoms with Crippen LogP contribution in [0.5, 0.6) is 0 Å². The van der Waals surface area contributed by atoms with E-state index in [4.69, 9.17) is 0 Å². The summed E-state index contributed by atoms with van der Waals surface area (Å²) in [5.74, 6) is 0.658. The lowest BCUT2D eigenvalue weighted by molar-refractivity contribution is 0.0944. The van der Waals surface area contributed by atoms with Gasteiger partial charge in [0.15, 0.2) is 0 Å². The number of nitrogens with one attached hydrogen (secondary N) is 2. The van der Waals surface area contributed by atoms with Crippen LogP contribution < -0.4 is 10.6 Å². The van der Waals surface area contributed by atoms with Crippen LogP contribution in [0.4, 0.5) is 5.69 Å². The van der Waals surface area contributed by atoms with Gasteiger partial charge in [-0.1, -0.05) is 0 Å². The Morgan fingerprint density at radius 2 is 2.19 bits per heavy atom. The molecule has 1 aromatic heterocycles. The lowest BCUT2D eigenvalue weighted by atomic mass is 9.94. The zero-order valence-electron chi connectivity index (χ0n) is 13.1. The van der Waals surface area contributed by atoms with E-state index in [2.05, 4.69) is 27.6 Å². The molecule has 5 nitrogen and oxygen atoms in total. The van der Waals surface area contributed by atoms with Crippen molar-refractivity contribution in [3.63, 3.8) is 0 Å². The van der Waals surface area contributed by atoms with E-state index in [-0.39, 0.29) is 5.91 Å². The van der Waals surface area contributed by atoms with E-state index in [1.54, 1.807) is 12.3 Å². The van der Waals surface area contributed by atoms with Crippen molar-refractivity contribution in [2.75, 3.05) is 38.5 Å². The van der Waals surface area contributed by atoms with Gasteiger partial charge in [0.05, 0.1) is 0 Å². The normalized spacial score (nSPS) is 16.7. The van der Waals surface area contributed by atoms with Crippen LogP contribution in [-0.2, 0) is 0 Å². The van der Waals surface area contributed by atoms with Crippen molar-refractivity contribution in [3.05, 3.63) is 24.0 Å². The minimum Gasteiger partial charge on any atom is -0.385 e. The fourth-order valence-corrected chi connectivity index (χ4v) is 2.70. The molecule has 1 fully saturated rings. The fraction of sp³-hybridized carbons (Fsp3) is 0.625. The van der Waals surface area contributed by atoms with Gasteiger partial charge < -0.3 is 15.5 Å². The zero-order valence-corrected chi connectivity index (χ0v) is 13.1. The Bertz CT molecular complexity index is 455. The van der Waals surface area contributed by atoms with Crippen LogP contribution >= 0.6 is 0 Å². The van der Waals surface area contributed by atoms with Crippen molar-refractivity contribution < 1.29 is 4.79 Å². The first-order valence-electron chi connectivity index (χ1n) is 7.85. The fourth-order valence-electron chi connectivity index (χ4n) is 2.70. The van der Waals surface area contributed by atoms with Crippen LogP contribution in [-0.4, -0.2) is 49.0 Å². The van der Waals surface area contributed by atoms with Gasteiger partial charge in [-0.05, 0) is 64.4 Å². The van der Waals surface area contributed by atoms with E-state index in [0.717, 1.165) is 31.1 Å². The molecule has 5 heteroatoms. The number of piperidine rings is 1. The van der Waals surface area contributed by atoms with Crippen molar-refractivity contribution in [2.24, 2.45) is 5.92 Å². The molecule has 116 valence electrons. The van der Waals surface area contributed by atoms with E-state index in [0.29, 0.717) is 5.69 Å². The highest BCUT2D eigenvalue weighted by molar-refractivity contribution is 5.93. The van der Waals surface area contributed by atoms with Crippen LogP contribution in [0.25, 0.3) is 0 Å². The number of hydrogen-bond donors (Lipinski definition) is 2. The number of nitrogens with zero attached hydrogens (tertiary/aromatic N) is 2. The number of hydrogen-bond acceptors (Lipinski definition) is 4. The van der Waals surface area contributed by atoms with Gasteiger partial charge in [-0.2, -0.15) is 0 Å². The van der Waals surface area contributed by atoms with Gasteiger partial charge in [-0.3, -0.25) is 9.78 Å². The third-order valence-corrected chi connectivity index (χ3v) is 4.05. The molecule has 1 aliphatic heterocycles. The van der Waals surface area contributed by atoms with Crippen molar-refractivity contribution in [2.45, 2.75) is 26.2 Å². The van der Waals surface area contributed by atoms with Crippen LogP contribution in [0.3, 0.4) is 0 Å². The highest BCUT2D eigenvalue weighted by Gasteiger charge is 2.16. The molecule has 2 heterocycles. The maximum absolute atomic E-state index is 12.1. The predicted molar refractivity (Wildman–Crippen MR) is 85.6 cm³/mol. The molecule has 21 heavy (non-hydrogen) atoms. The molecule has 0 bridgehead atoms. The molecule has 0 atom stereocenters. The molecular weight excluding hydrogens is 264 g/mol. The van der Waals surface area contributed by atoms with Gasteiger partial charge in [-0.15, -0.1) is 0 Å². The number of rotatable bonds is 6. The Labute approximate surface area is 127 Å². The Morgan fingerprint density at radius 3 is 2.90 bits per heavy atom. The smallest absolute Gasteiger partial charge is 0.269 e. The minimum absolute atomic E-state index is 0.0809. The number of pyridine rings is 1. The van der Waals surface area contributed by atoms with Gasteiger partial charge in [0.2, 0.25) is 0 Å². The van der Waals surface area contributed by atoms with Gasteiger partial charge >= 0.3 is 0 Å². The maximum atomic E-state index is 12.1. The summed E-state index contributed by atoms with van der Waals surface area (Å²) in [7, 11) is 2.17. The third-order valence-electron chi connectivity index (χ3n) is 4.05. The standard InChI is InChI=1S/C16H26N4O/c1-3-17-14-5-9-18-15(12-14)16(21)19-8-4-13-6-10-20(2)11-7-13/h5,9,12-13H,3-4,6-8,10-11H2,1-2H3,(H,17,18)(H,19,21). The predicted octanol–water partition coefficient (Wildman–Crippen LogP) is 1.98. The van der Waals surface area contributed by atoms with Gasteiger partial charge in [-0.25, -0.2) is 0 Å². The van der Waals surface area contributed by atoms with E-state index < -0.39 is 0 Å². The summed E-state index contributed by atoms with van der Waals surface area (Å²) in [6, 6.07) is 3.67. The number of aromatic nitrogens is 1. The first-order valence-corrected chi connectivity index (χ1v) is 7.85. The molecule has 1 aliphatic rings. The van der Waals surface area contributed by atoms with Crippen molar-refractivity contribution in [1.29, 1.82) is 0 Å². The van der Waals surface area contributed by atoms with E-state index in [1.165, 1.54) is 25.9 Å². The number of amides is 1. The Kier molecular flexibility index (Phi) is 5.99. The zero-order chi connectivity index (χ0) is 15.1. The van der Waals surface area contributed by atoms with Crippen LogP contribution in [0.2, 0.25) is 0 Å². The molecule has 2 N–H and O–H groups in total. The lowest BCUT2D eigenvalue weighted by Gasteiger charge is -2.28. The second-order valence-corrected chi connectivity index (χ2v) is 5.75. The molecule has 0 aliphatic carbocycles. The van der Waals surface area contributed by atoms with Crippen molar-refractivity contribution >= 4 is 11.6 Å². The molecule has 0 spiro atoms. The van der Waals surface area contributed by atoms with Gasteiger partial charge in [0.1, 0.15) is 5.69 Å². The first-order chi connectivity index (χ1) is 10.2. The molecule has 1 saturated heterocycles. The quantitative estimate of drug-likeness (QED) is 0.841. The van der Waals surface area contributed by atoms with Crippen LogP contribution in [0.15, 0.2) is 18.3 Å². The van der Waals surface area contributed by atoms with Crippen LogP contribution in [0, 0.1) is 5.92 Å². The Morgan fingerprint density at radius 1 is 1.43 bits per heavy atom. The topological polar surface area (TPSA) is 57.3 Å². The molecule has 0 aromatic carbocycles. The van der Waals surface area contributed by atoms with Crippen molar-refractivity contribution in [1.82, 2.24) is 15.2 Å². The summed E-state index contributed by atoms with van der Waals surface area (Å²) < 4.78 is 0. The highest BCUT2D eigenvalue weighted by atomic mass is 16.1. The number of anilines is 1. The Hall–Kier alpha value is -1.62. The highest BCUT2D eigenvalue weighted by Crippen LogP contribution is 2.18. The van der Waals surface area contributed by atoms with E-state index in [1.807, 2.05) is 13.0 Å². The van der Waals surface area contributed by atoms with Crippen LogP contribution in [0.1, 0.15) is 36.7 Å². The summed E-state index contributed by atoms with van der Waals surface area (Å²) in [5, 5.41) is 6.17. The number of carbonyl (C=O) groups excluding carboxylic acids is 1. The second kappa shape index (κ2) is 7.98. The monoisotopic (exact) mass is 290 g/mol. The summed E-state index contributed by atoms with van der Waals surface area (Å²) >= 11 is 0. The van der Waals surface area contributed by atoms with Gasteiger partial charge in [0, 0.05) is 25.0 Å². The Balaban J connectivity index is 1.75. The largest absolute Gasteiger partial charge is 0.385 e. The summed E-state index contributed by atoms with van der Waals surface area (Å²) in [6.07, 6.45) is 5.21. The summed E-state index contributed by atoms with van der Waals surface area (Å²) in [5.41, 5.74) is 1.42. The third kappa shape index (κ3) is 5.01. The molecule has 1 amide bonds. The molecule has 0 radical (unpaired) electrons. The first kappa shape index (κ1) is 15.8. The maximum Gasteiger partial charge on any atom is 0.269 e. The molecule has 0 saturated carbocycles. The molecular formula is C16H26N4O. The second-order valence-electron chi connectivity index (χ2n) is 5.75. The average molecular weight is 290 g/mol. The SMILES string of the molecule is CCNc1ccnc(C(=O)NCCC2CCN(C)CC2)c1. The molecule has 1 aromatic rings. The van der Waals surface area contributed by atoms with Crippen molar-refractivity contribution in [3.8, 4) is 0 Å². The number of likely N-dealkylation sites (tertiary alicyclic amines) is 1. The lowest BCUT2D eigenvalue weighted by Crippen LogP contribution is -2.32. The van der Waals surface area contributed by atoms with E-state index >= 15 is 0 Å². The average Bonchev–Trinajstić information content (AvgIpc) is 2.50. The molecule has 2 rings (SSSR count).